The highest BCUT2D eigenvalue weighted by atomic mass is 16.5. The van der Waals surface area contributed by atoms with Crippen molar-refractivity contribution in [3.8, 4) is 0 Å². The smallest absolute Gasteiger partial charge is 0.320 e. The van der Waals surface area contributed by atoms with E-state index < -0.39 is 12.0 Å². The van der Waals surface area contributed by atoms with Crippen LogP contribution in [-0.2, 0) is 9.53 Å². The van der Waals surface area contributed by atoms with Crippen LogP contribution in [0.4, 0.5) is 4.79 Å². The van der Waals surface area contributed by atoms with E-state index >= 15 is 0 Å². The van der Waals surface area contributed by atoms with Crippen LogP contribution in [0.15, 0.2) is 12.2 Å². The molecular weight excluding hydrogens is 236 g/mol. The Hall–Kier alpha value is -1.56. The lowest BCUT2D eigenvalue weighted by Crippen LogP contribution is -2.53. The Labute approximate surface area is 107 Å². The molecule has 1 fully saturated rings. The number of amides is 2. The average Bonchev–Trinajstić information content (AvgIpc) is 2.27. The molecule has 0 aromatic rings. The number of hydrogen-bond donors (Lipinski definition) is 1. The maximum Gasteiger partial charge on any atom is 0.320 e. The monoisotopic (exact) mass is 256 g/mol. The van der Waals surface area contributed by atoms with Crippen LogP contribution < -0.4 is 0 Å². The molecule has 1 atom stereocenters. The van der Waals surface area contributed by atoms with Crippen molar-refractivity contribution in [1.82, 2.24) is 9.80 Å². The number of carboxylic acids is 1. The number of carbonyl (C=O) groups excluding carboxylic acids is 1. The van der Waals surface area contributed by atoms with Crippen LogP contribution in [0.3, 0.4) is 0 Å². The summed E-state index contributed by atoms with van der Waals surface area (Å²) in [6.07, 6.45) is -0.0906. The topological polar surface area (TPSA) is 70.1 Å². The van der Waals surface area contributed by atoms with Crippen LogP contribution in [0.1, 0.15) is 13.3 Å². The molecule has 102 valence electrons. The highest BCUT2D eigenvalue weighted by Gasteiger charge is 2.30. The molecule has 0 aromatic carbocycles. The van der Waals surface area contributed by atoms with Gasteiger partial charge in [-0.3, -0.25) is 4.79 Å². The Morgan fingerprint density at radius 2 is 2.22 bits per heavy atom. The molecule has 0 aliphatic carbocycles. The normalized spacial score (nSPS) is 19.4. The van der Waals surface area contributed by atoms with Crippen LogP contribution in [0.5, 0.6) is 0 Å². The number of carboxylic acid groups (broad SMARTS) is 1. The lowest BCUT2D eigenvalue weighted by molar-refractivity contribution is -0.139. The van der Waals surface area contributed by atoms with Gasteiger partial charge in [-0.1, -0.05) is 12.2 Å². The third kappa shape index (κ3) is 4.03. The maximum atomic E-state index is 12.2. The lowest BCUT2D eigenvalue weighted by atomic mass is 10.1. The van der Waals surface area contributed by atoms with Crippen molar-refractivity contribution in [2.75, 3.05) is 33.4 Å². The molecule has 6 nitrogen and oxygen atoms in total. The molecule has 1 heterocycles. The van der Waals surface area contributed by atoms with Crippen molar-refractivity contribution in [3.05, 3.63) is 12.2 Å². The molecule has 0 bridgehead atoms. The van der Waals surface area contributed by atoms with E-state index in [0.29, 0.717) is 19.7 Å². The number of ether oxygens (including phenoxy) is 1. The molecule has 1 aliphatic rings. The fourth-order valence-corrected chi connectivity index (χ4v) is 1.97. The first-order valence-corrected chi connectivity index (χ1v) is 5.87. The van der Waals surface area contributed by atoms with E-state index in [0.717, 1.165) is 5.57 Å². The lowest BCUT2D eigenvalue weighted by Gasteiger charge is -2.37. The molecule has 0 aromatic heterocycles. The van der Waals surface area contributed by atoms with Gasteiger partial charge >= 0.3 is 12.0 Å². The summed E-state index contributed by atoms with van der Waals surface area (Å²) < 4.78 is 5.23. The van der Waals surface area contributed by atoms with Gasteiger partial charge < -0.3 is 19.6 Å². The Kier molecular flexibility index (Phi) is 5.15. The molecule has 0 radical (unpaired) electrons. The summed E-state index contributed by atoms with van der Waals surface area (Å²) >= 11 is 0. The number of likely N-dealkylation sites (N-methyl/N-ethyl adjacent to an activating group) is 1. The number of rotatable bonds is 4. The van der Waals surface area contributed by atoms with Crippen LogP contribution in [0.25, 0.3) is 0 Å². The van der Waals surface area contributed by atoms with E-state index in [-0.39, 0.29) is 19.1 Å². The number of nitrogens with zero attached hydrogens (tertiary/aromatic N) is 2. The third-order valence-corrected chi connectivity index (χ3v) is 2.72. The maximum absolute atomic E-state index is 12.2. The zero-order valence-corrected chi connectivity index (χ0v) is 10.9. The van der Waals surface area contributed by atoms with Gasteiger partial charge in [0.05, 0.1) is 25.7 Å². The zero-order valence-electron chi connectivity index (χ0n) is 10.9. The molecule has 1 N–H and O–H groups in total. The summed E-state index contributed by atoms with van der Waals surface area (Å²) in [5.74, 6) is -0.925. The molecule has 2 amide bonds. The Morgan fingerprint density at radius 1 is 1.56 bits per heavy atom. The van der Waals surface area contributed by atoms with Crippen molar-refractivity contribution in [1.29, 1.82) is 0 Å². The predicted molar refractivity (Wildman–Crippen MR) is 66.4 cm³/mol. The fraction of sp³-hybridized carbons (Fsp3) is 0.667. The molecule has 6 heteroatoms. The van der Waals surface area contributed by atoms with Crippen molar-refractivity contribution < 1.29 is 19.4 Å². The van der Waals surface area contributed by atoms with Gasteiger partial charge in [0.1, 0.15) is 0 Å². The van der Waals surface area contributed by atoms with Crippen LogP contribution in [-0.4, -0.2) is 66.3 Å². The number of hydrogen-bond acceptors (Lipinski definition) is 3. The van der Waals surface area contributed by atoms with E-state index in [1.165, 1.54) is 0 Å². The van der Waals surface area contributed by atoms with Gasteiger partial charge in [-0.05, 0) is 6.92 Å². The molecule has 0 spiro atoms. The first-order chi connectivity index (χ1) is 8.41. The van der Waals surface area contributed by atoms with Gasteiger partial charge in [0.25, 0.3) is 0 Å². The SMILES string of the molecule is C=C(C)CN(C)C(=O)N1CCOCC1CC(=O)O. The second-order valence-electron chi connectivity index (χ2n) is 4.62. The summed E-state index contributed by atoms with van der Waals surface area (Å²) in [7, 11) is 1.68. The number of aliphatic carboxylic acids is 1. The molecule has 1 aliphatic heterocycles. The minimum absolute atomic E-state index is 0.0906. The Bertz CT molecular complexity index is 343. The largest absolute Gasteiger partial charge is 0.481 e. The summed E-state index contributed by atoms with van der Waals surface area (Å²) in [4.78, 5) is 26.1. The first-order valence-electron chi connectivity index (χ1n) is 5.87. The fourth-order valence-electron chi connectivity index (χ4n) is 1.97. The summed E-state index contributed by atoms with van der Waals surface area (Å²) in [6, 6.07) is -0.566. The van der Waals surface area contributed by atoms with Gasteiger partial charge in [-0.25, -0.2) is 4.79 Å². The van der Waals surface area contributed by atoms with Crippen molar-refractivity contribution in [2.24, 2.45) is 0 Å². The predicted octanol–water partition coefficient (Wildman–Crippen LogP) is 0.790. The average molecular weight is 256 g/mol. The number of urea groups is 1. The van der Waals surface area contributed by atoms with Crippen LogP contribution >= 0.6 is 0 Å². The quantitative estimate of drug-likeness (QED) is 0.755. The van der Waals surface area contributed by atoms with E-state index in [1.54, 1.807) is 16.8 Å². The second kappa shape index (κ2) is 6.39. The second-order valence-corrected chi connectivity index (χ2v) is 4.62. The van der Waals surface area contributed by atoms with Crippen LogP contribution in [0, 0.1) is 0 Å². The van der Waals surface area contributed by atoms with Gasteiger partial charge in [-0.15, -0.1) is 0 Å². The van der Waals surface area contributed by atoms with Crippen molar-refractivity contribution >= 4 is 12.0 Å². The number of morpholine rings is 1. The summed E-state index contributed by atoms with van der Waals surface area (Å²) in [6.45, 7) is 7.22. The molecule has 0 saturated carbocycles. The van der Waals surface area contributed by atoms with Crippen molar-refractivity contribution in [3.63, 3.8) is 0 Å². The first kappa shape index (κ1) is 14.5. The highest BCUT2D eigenvalue weighted by molar-refractivity contribution is 5.76. The van der Waals surface area contributed by atoms with E-state index in [4.69, 9.17) is 9.84 Å². The van der Waals surface area contributed by atoms with E-state index in [1.807, 2.05) is 6.92 Å². The van der Waals surface area contributed by atoms with Crippen LogP contribution in [0.2, 0.25) is 0 Å². The highest BCUT2D eigenvalue weighted by Crippen LogP contribution is 2.13. The molecule has 1 unspecified atom stereocenters. The van der Waals surface area contributed by atoms with Crippen molar-refractivity contribution in [2.45, 2.75) is 19.4 Å². The molecule has 18 heavy (non-hydrogen) atoms. The Morgan fingerprint density at radius 3 is 2.78 bits per heavy atom. The van der Waals surface area contributed by atoms with Gasteiger partial charge in [0, 0.05) is 20.1 Å². The molecular formula is C12H20N2O4. The van der Waals surface area contributed by atoms with Gasteiger partial charge in [0.15, 0.2) is 0 Å². The summed E-state index contributed by atoms with van der Waals surface area (Å²) in [5.41, 5.74) is 0.883. The molecule has 1 rings (SSSR count). The summed E-state index contributed by atoms with van der Waals surface area (Å²) in [5, 5.41) is 8.83. The minimum atomic E-state index is -0.925. The standard InChI is InChI=1S/C12H20N2O4/c1-9(2)7-13(3)12(17)14-4-5-18-8-10(14)6-11(15)16/h10H,1,4-8H2,2-3H3,(H,15,16). The van der Waals surface area contributed by atoms with E-state index in [2.05, 4.69) is 6.58 Å². The Balaban J connectivity index is 2.67. The van der Waals surface area contributed by atoms with Gasteiger partial charge in [0.2, 0.25) is 0 Å². The number of carbonyl (C=O) groups is 2. The minimum Gasteiger partial charge on any atom is -0.481 e. The van der Waals surface area contributed by atoms with Gasteiger partial charge in [-0.2, -0.15) is 0 Å². The third-order valence-electron chi connectivity index (χ3n) is 2.72. The van der Waals surface area contributed by atoms with E-state index in [9.17, 15) is 9.59 Å². The molecule has 1 saturated heterocycles. The zero-order chi connectivity index (χ0) is 13.7.